The molecule has 0 radical (unpaired) electrons. The van der Waals surface area contributed by atoms with Gasteiger partial charge in [0.05, 0.1) is 0 Å². The van der Waals surface area contributed by atoms with Crippen molar-refractivity contribution in [2.24, 2.45) is 0 Å². The summed E-state index contributed by atoms with van der Waals surface area (Å²) in [4.78, 5) is 2.21. The number of nitrogens with zero attached hydrogens (tertiary/aromatic N) is 1. The van der Waals surface area contributed by atoms with Crippen molar-refractivity contribution in [2.75, 3.05) is 27.2 Å². The van der Waals surface area contributed by atoms with E-state index in [9.17, 15) is 0 Å². The molecule has 0 bridgehead atoms. The van der Waals surface area contributed by atoms with E-state index in [0.717, 1.165) is 19.6 Å². The number of benzene rings is 1. The van der Waals surface area contributed by atoms with Gasteiger partial charge in [-0.25, -0.2) is 0 Å². The minimum Gasteiger partial charge on any atom is -0.313 e. The van der Waals surface area contributed by atoms with Gasteiger partial charge in [-0.15, -0.1) is 0 Å². The highest BCUT2D eigenvalue weighted by atomic mass is 79.9. The van der Waals surface area contributed by atoms with Crippen LogP contribution >= 0.6 is 15.9 Å². The van der Waals surface area contributed by atoms with E-state index in [1.807, 2.05) is 0 Å². The number of hydrogen-bond donors (Lipinski definition) is 1. The summed E-state index contributed by atoms with van der Waals surface area (Å²) >= 11 is 3.55. The third-order valence-electron chi connectivity index (χ3n) is 2.52. The minimum absolute atomic E-state index is 0.951. The number of aryl methyl sites for hydroxylation is 1. The molecule has 0 unspecified atom stereocenters. The maximum Gasteiger partial charge on any atom is 0.0207 e. The molecule has 0 saturated carbocycles. The molecule has 0 saturated heterocycles. The van der Waals surface area contributed by atoms with Gasteiger partial charge in [-0.2, -0.15) is 0 Å². The first-order valence-corrected chi connectivity index (χ1v) is 6.49. The summed E-state index contributed by atoms with van der Waals surface area (Å²) in [5, 5.41) is 3.46. The molecule has 0 spiro atoms. The zero-order valence-electron chi connectivity index (χ0n) is 10.4. The first kappa shape index (κ1) is 13.7. The average Bonchev–Trinajstić information content (AvgIpc) is 2.22. The molecule has 0 aliphatic rings. The van der Waals surface area contributed by atoms with Crippen molar-refractivity contribution in [3.63, 3.8) is 0 Å². The molecule has 2 nitrogen and oxygen atoms in total. The summed E-state index contributed by atoms with van der Waals surface area (Å²) in [6.45, 7) is 5.28. The Labute approximate surface area is 107 Å². The molecule has 0 aliphatic carbocycles. The molecule has 1 aromatic carbocycles. The molecule has 0 amide bonds. The van der Waals surface area contributed by atoms with Crippen LogP contribution in [0.5, 0.6) is 0 Å². The fourth-order valence-electron chi connectivity index (χ4n) is 1.50. The first-order valence-electron chi connectivity index (χ1n) is 5.70. The Morgan fingerprint density at radius 3 is 2.69 bits per heavy atom. The molecule has 0 fully saturated rings. The van der Waals surface area contributed by atoms with Crippen molar-refractivity contribution in [1.82, 2.24) is 10.2 Å². The van der Waals surface area contributed by atoms with E-state index in [0.29, 0.717) is 0 Å². The highest BCUT2D eigenvalue weighted by molar-refractivity contribution is 9.10. The molecular formula is C13H21BrN2. The standard InChI is InChI=1S/C13H21BrN2/c1-11-5-6-12(9-13(11)14)10-15-7-4-8-16(2)3/h5-6,9,15H,4,7-8,10H2,1-3H3. The summed E-state index contributed by atoms with van der Waals surface area (Å²) in [7, 11) is 4.22. The van der Waals surface area contributed by atoms with Crippen molar-refractivity contribution < 1.29 is 0 Å². The molecule has 1 rings (SSSR count). The minimum atomic E-state index is 0.951. The second kappa shape index (κ2) is 7.05. The predicted molar refractivity (Wildman–Crippen MR) is 73.8 cm³/mol. The van der Waals surface area contributed by atoms with Crippen molar-refractivity contribution >= 4 is 15.9 Å². The normalized spacial score (nSPS) is 11.1. The van der Waals surface area contributed by atoms with Gasteiger partial charge >= 0.3 is 0 Å². The third kappa shape index (κ3) is 5.10. The Morgan fingerprint density at radius 2 is 2.06 bits per heavy atom. The Kier molecular flexibility index (Phi) is 6.03. The molecule has 1 N–H and O–H groups in total. The summed E-state index contributed by atoms with van der Waals surface area (Å²) in [5.74, 6) is 0. The second-order valence-corrected chi connectivity index (χ2v) is 5.27. The first-order chi connectivity index (χ1) is 7.59. The maximum atomic E-state index is 3.55. The van der Waals surface area contributed by atoms with Crippen molar-refractivity contribution in [3.8, 4) is 0 Å². The summed E-state index contributed by atoms with van der Waals surface area (Å²) in [6, 6.07) is 6.52. The van der Waals surface area contributed by atoms with Crippen LogP contribution in [0.1, 0.15) is 17.5 Å². The van der Waals surface area contributed by atoms with Gasteiger partial charge in [0, 0.05) is 11.0 Å². The maximum absolute atomic E-state index is 3.55. The zero-order valence-corrected chi connectivity index (χ0v) is 12.0. The van der Waals surface area contributed by atoms with E-state index < -0.39 is 0 Å². The van der Waals surface area contributed by atoms with E-state index in [4.69, 9.17) is 0 Å². The van der Waals surface area contributed by atoms with Gasteiger partial charge in [-0.1, -0.05) is 28.1 Å². The zero-order chi connectivity index (χ0) is 12.0. The van der Waals surface area contributed by atoms with Gasteiger partial charge in [0.15, 0.2) is 0 Å². The van der Waals surface area contributed by atoms with Crippen LogP contribution in [0.4, 0.5) is 0 Å². The molecule has 1 aromatic rings. The molecule has 0 aromatic heterocycles. The average molecular weight is 285 g/mol. The van der Waals surface area contributed by atoms with Crippen LogP contribution in [-0.2, 0) is 6.54 Å². The van der Waals surface area contributed by atoms with Crippen molar-refractivity contribution in [2.45, 2.75) is 19.9 Å². The van der Waals surface area contributed by atoms with Crippen LogP contribution in [-0.4, -0.2) is 32.1 Å². The summed E-state index contributed by atoms with van der Waals surface area (Å²) < 4.78 is 1.19. The fourth-order valence-corrected chi connectivity index (χ4v) is 1.93. The van der Waals surface area contributed by atoms with Crippen molar-refractivity contribution in [1.29, 1.82) is 0 Å². The lowest BCUT2D eigenvalue weighted by Gasteiger charge is -2.10. The fraction of sp³-hybridized carbons (Fsp3) is 0.538. The largest absolute Gasteiger partial charge is 0.313 e. The van der Waals surface area contributed by atoms with Gasteiger partial charge in [-0.3, -0.25) is 0 Å². The molecule has 16 heavy (non-hydrogen) atoms. The molecule has 90 valence electrons. The SMILES string of the molecule is Cc1ccc(CNCCCN(C)C)cc1Br. The van der Waals surface area contributed by atoms with Crippen LogP contribution < -0.4 is 5.32 Å². The molecule has 0 heterocycles. The van der Waals surface area contributed by atoms with Crippen LogP contribution in [0, 0.1) is 6.92 Å². The Balaban J connectivity index is 2.24. The number of nitrogens with one attached hydrogen (secondary N) is 1. The van der Waals surface area contributed by atoms with Gasteiger partial charge in [0.2, 0.25) is 0 Å². The van der Waals surface area contributed by atoms with Gasteiger partial charge in [-0.05, 0) is 57.7 Å². The van der Waals surface area contributed by atoms with E-state index in [1.54, 1.807) is 0 Å². The van der Waals surface area contributed by atoms with E-state index >= 15 is 0 Å². The molecule has 0 atom stereocenters. The van der Waals surface area contributed by atoms with E-state index in [-0.39, 0.29) is 0 Å². The smallest absolute Gasteiger partial charge is 0.0207 e. The summed E-state index contributed by atoms with van der Waals surface area (Å²) in [5.41, 5.74) is 2.62. The van der Waals surface area contributed by atoms with E-state index in [1.165, 1.54) is 22.0 Å². The van der Waals surface area contributed by atoms with Gasteiger partial charge < -0.3 is 10.2 Å². The second-order valence-electron chi connectivity index (χ2n) is 4.42. The quantitative estimate of drug-likeness (QED) is 0.809. The third-order valence-corrected chi connectivity index (χ3v) is 3.38. The molecule has 3 heteroatoms. The highest BCUT2D eigenvalue weighted by Gasteiger charge is 1.97. The lowest BCUT2D eigenvalue weighted by molar-refractivity contribution is 0.394. The molecule has 0 aliphatic heterocycles. The van der Waals surface area contributed by atoms with Crippen LogP contribution in [0.15, 0.2) is 22.7 Å². The Bertz CT molecular complexity index is 324. The number of halogens is 1. The highest BCUT2D eigenvalue weighted by Crippen LogP contribution is 2.17. The Morgan fingerprint density at radius 1 is 1.31 bits per heavy atom. The topological polar surface area (TPSA) is 15.3 Å². The number of hydrogen-bond acceptors (Lipinski definition) is 2. The van der Waals surface area contributed by atoms with Gasteiger partial charge in [0.1, 0.15) is 0 Å². The summed E-state index contributed by atoms with van der Waals surface area (Å²) in [6.07, 6.45) is 1.19. The van der Waals surface area contributed by atoms with Gasteiger partial charge in [0.25, 0.3) is 0 Å². The lowest BCUT2D eigenvalue weighted by atomic mass is 10.1. The van der Waals surface area contributed by atoms with Crippen LogP contribution in [0.2, 0.25) is 0 Å². The lowest BCUT2D eigenvalue weighted by Crippen LogP contribution is -2.21. The van der Waals surface area contributed by atoms with E-state index in [2.05, 4.69) is 65.4 Å². The monoisotopic (exact) mass is 284 g/mol. The predicted octanol–water partition coefficient (Wildman–Crippen LogP) is 2.80. The molecular weight excluding hydrogens is 264 g/mol. The van der Waals surface area contributed by atoms with Crippen LogP contribution in [0.3, 0.4) is 0 Å². The number of rotatable bonds is 6. The van der Waals surface area contributed by atoms with Crippen LogP contribution in [0.25, 0.3) is 0 Å². The van der Waals surface area contributed by atoms with Crippen molar-refractivity contribution in [3.05, 3.63) is 33.8 Å². The Hall–Kier alpha value is -0.380.